The maximum Gasteiger partial charge on any atom is 0.306 e. The predicted molar refractivity (Wildman–Crippen MR) is 175 cm³/mol. The third-order valence-corrected chi connectivity index (χ3v) is 14.9. The largest absolute Gasteiger partial charge is 0.462 e. The third kappa shape index (κ3) is 7.19. The highest BCUT2D eigenvalue weighted by Crippen LogP contribution is 2.46. The molecule has 6 atom stereocenters. The van der Waals surface area contributed by atoms with Crippen LogP contribution < -0.4 is 10.4 Å². The zero-order chi connectivity index (χ0) is 30.5. The number of hydrogen-bond acceptors (Lipinski definition) is 5. The minimum Gasteiger partial charge on any atom is -0.462 e. The highest BCUT2D eigenvalue weighted by atomic mass is 28.4. The smallest absolute Gasteiger partial charge is 0.306 e. The molecule has 2 saturated heterocycles. The van der Waals surface area contributed by atoms with Crippen molar-refractivity contribution in [2.45, 2.75) is 122 Å². The fourth-order valence-corrected chi connectivity index (χ4v) is 12.3. The molecular weight excluding hydrogens is 552 g/mol. The van der Waals surface area contributed by atoms with E-state index in [1.807, 2.05) is 0 Å². The Labute approximate surface area is 260 Å². The van der Waals surface area contributed by atoms with Crippen LogP contribution >= 0.6 is 0 Å². The molecule has 234 valence electrons. The van der Waals surface area contributed by atoms with Gasteiger partial charge in [0.1, 0.15) is 6.10 Å². The van der Waals surface area contributed by atoms with Gasteiger partial charge in [0, 0.05) is 24.9 Å². The Bertz CT molecular complexity index is 1160. The molecule has 0 amide bonds. The topological polar surface area (TPSA) is 54.0 Å². The van der Waals surface area contributed by atoms with Crippen molar-refractivity contribution < 1.29 is 23.4 Å². The first-order valence-electron chi connectivity index (χ1n) is 16.6. The molecule has 0 radical (unpaired) electrons. The second kappa shape index (κ2) is 13.8. The second-order valence-corrected chi connectivity index (χ2v) is 18.3. The van der Waals surface area contributed by atoms with Gasteiger partial charge in [-0.1, -0.05) is 120 Å². The summed E-state index contributed by atoms with van der Waals surface area (Å²) in [5.74, 6) is 0.121. The van der Waals surface area contributed by atoms with Gasteiger partial charge >= 0.3 is 5.97 Å². The lowest BCUT2D eigenvalue weighted by Gasteiger charge is -2.48. The average Bonchev–Trinajstić information content (AvgIpc) is 3.51. The van der Waals surface area contributed by atoms with Crippen molar-refractivity contribution in [2.75, 3.05) is 6.61 Å². The SMILES string of the molecule is CCCCCC(C)(C=C[C@@H]1[C@H]2CC(=O)O[C@H]2C[C@H]1OC1CCCCO1)O[Si](c1ccccc1)(c1ccccc1)C(C)(C)C. The molecule has 3 aliphatic rings. The molecule has 0 bridgehead atoms. The van der Waals surface area contributed by atoms with Gasteiger partial charge in [0.15, 0.2) is 6.29 Å². The van der Waals surface area contributed by atoms with Crippen LogP contribution in [0.15, 0.2) is 72.8 Å². The van der Waals surface area contributed by atoms with Crippen LogP contribution in [0, 0.1) is 11.8 Å². The van der Waals surface area contributed by atoms with Crippen molar-refractivity contribution in [3.05, 3.63) is 72.8 Å². The first kappa shape index (κ1) is 32.1. The molecule has 43 heavy (non-hydrogen) atoms. The Hall–Kier alpha value is -2.25. The molecule has 2 aromatic rings. The summed E-state index contributed by atoms with van der Waals surface area (Å²) in [5, 5.41) is 2.45. The minimum absolute atomic E-state index is 0.0322. The lowest BCUT2D eigenvalue weighted by atomic mass is 9.89. The Morgan fingerprint density at radius 2 is 1.63 bits per heavy atom. The van der Waals surface area contributed by atoms with Crippen molar-refractivity contribution in [2.24, 2.45) is 11.8 Å². The van der Waals surface area contributed by atoms with E-state index >= 15 is 0 Å². The molecule has 0 N–H and O–H groups in total. The summed E-state index contributed by atoms with van der Waals surface area (Å²) in [7, 11) is -2.79. The maximum absolute atomic E-state index is 12.4. The molecule has 2 unspecified atom stereocenters. The lowest BCUT2D eigenvalue weighted by Crippen LogP contribution is -2.69. The van der Waals surface area contributed by atoms with Crippen LogP contribution in [0.5, 0.6) is 0 Å². The number of esters is 1. The van der Waals surface area contributed by atoms with E-state index in [0.29, 0.717) is 6.42 Å². The number of fused-ring (bicyclic) bond motifs is 1. The van der Waals surface area contributed by atoms with Crippen molar-refractivity contribution >= 4 is 24.7 Å². The molecule has 2 aliphatic heterocycles. The third-order valence-electron chi connectivity index (χ3n) is 9.77. The Morgan fingerprint density at radius 1 is 0.953 bits per heavy atom. The molecule has 3 fully saturated rings. The molecule has 0 aromatic heterocycles. The summed E-state index contributed by atoms with van der Waals surface area (Å²) in [4.78, 5) is 12.4. The summed E-state index contributed by atoms with van der Waals surface area (Å²) in [6, 6.07) is 21.8. The Balaban J connectivity index is 1.53. The summed E-state index contributed by atoms with van der Waals surface area (Å²) < 4.78 is 26.1. The number of benzene rings is 2. The van der Waals surface area contributed by atoms with Gasteiger partial charge in [0.2, 0.25) is 0 Å². The molecular formula is C37H52O5Si. The van der Waals surface area contributed by atoms with E-state index in [-0.39, 0.29) is 41.3 Å². The zero-order valence-corrected chi connectivity index (χ0v) is 27.9. The van der Waals surface area contributed by atoms with Crippen LogP contribution in [0.25, 0.3) is 0 Å². The van der Waals surface area contributed by atoms with E-state index in [9.17, 15) is 4.79 Å². The number of carbonyl (C=O) groups excluding carboxylic acids is 1. The highest BCUT2D eigenvalue weighted by Gasteiger charge is 2.54. The van der Waals surface area contributed by atoms with Crippen LogP contribution in [0.2, 0.25) is 5.04 Å². The number of unbranched alkanes of at least 4 members (excludes halogenated alkanes) is 2. The summed E-state index contributed by atoms with van der Waals surface area (Å²) in [6.07, 6.45) is 13.0. The van der Waals surface area contributed by atoms with E-state index in [4.69, 9.17) is 18.6 Å². The van der Waals surface area contributed by atoms with E-state index in [2.05, 4.69) is 107 Å². The van der Waals surface area contributed by atoms with Gasteiger partial charge in [-0.3, -0.25) is 4.79 Å². The summed E-state index contributed by atoms with van der Waals surface area (Å²) in [5.41, 5.74) is -0.506. The van der Waals surface area contributed by atoms with E-state index in [0.717, 1.165) is 58.0 Å². The van der Waals surface area contributed by atoms with Crippen molar-refractivity contribution in [3.8, 4) is 0 Å². The molecule has 2 aromatic carbocycles. The molecule has 5 rings (SSSR count). The maximum atomic E-state index is 12.4. The monoisotopic (exact) mass is 604 g/mol. The average molecular weight is 605 g/mol. The molecule has 5 nitrogen and oxygen atoms in total. The van der Waals surface area contributed by atoms with Crippen molar-refractivity contribution in [1.29, 1.82) is 0 Å². The Kier molecular flexibility index (Phi) is 10.3. The van der Waals surface area contributed by atoms with E-state index in [1.165, 1.54) is 10.4 Å². The molecule has 1 aliphatic carbocycles. The fraction of sp³-hybridized carbons (Fsp3) is 0.595. The van der Waals surface area contributed by atoms with Crippen LogP contribution in [0.3, 0.4) is 0 Å². The van der Waals surface area contributed by atoms with Crippen molar-refractivity contribution in [3.63, 3.8) is 0 Å². The van der Waals surface area contributed by atoms with Gasteiger partial charge in [-0.25, -0.2) is 0 Å². The summed E-state index contributed by atoms with van der Waals surface area (Å²) >= 11 is 0. The first-order valence-corrected chi connectivity index (χ1v) is 18.5. The lowest BCUT2D eigenvalue weighted by molar-refractivity contribution is -0.194. The van der Waals surface area contributed by atoms with Crippen LogP contribution in [0.4, 0.5) is 0 Å². The highest BCUT2D eigenvalue weighted by molar-refractivity contribution is 6.99. The molecule has 0 spiro atoms. The quantitative estimate of drug-likeness (QED) is 0.110. The van der Waals surface area contributed by atoms with Crippen LogP contribution in [-0.2, 0) is 23.4 Å². The van der Waals surface area contributed by atoms with Crippen LogP contribution in [-0.4, -0.2) is 45.0 Å². The van der Waals surface area contributed by atoms with E-state index < -0.39 is 13.9 Å². The molecule has 2 heterocycles. The van der Waals surface area contributed by atoms with Gasteiger partial charge in [0.05, 0.1) is 18.1 Å². The number of hydrogen-bond donors (Lipinski definition) is 0. The summed E-state index contributed by atoms with van der Waals surface area (Å²) in [6.45, 7) is 12.3. The minimum atomic E-state index is -2.79. The van der Waals surface area contributed by atoms with Gasteiger partial charge in [0.25, 0.3) is 8.32 Å². The van der Waals surface area contributed by atoms with Crippen molar-refractivity contribution in [1.82, 2.24) is 0 Å². The second-order valence-electron chi connectivity index (χ2n) is 14.1. The first-order chi connectivity index (χ1) is 20.6. The number of rotatable bonds is 12. The zero-order valence-electron chi connectivity index (χ0n) is 26.9. The Morgan fingerprint density at radius 3 is 2.21 bits per heavy atom. The number of carbonyl (C=O) groups is 1. The fourth-order valence-electron chi connectivity index (χ4n) is 7.53. The molecule has 1 saturated carbocycles. The number of ether oxygens (including phenoxy) is 3. The van der Waals surface area contributed by atoms with Gasteiger partial charge in [-0.05, 0) is 48.0 Å². The normalized spacial score (nSPS) is 27.7. The van der Waals surface area contributed by atoms with E-state index in [1.54, 1.807) is 0 Å². The van der Waals surface area contributed by atoms with Gasteiger partial charge in [-0.2, -0.15) is 0 Å². The molecule has 6 heteroatoms. The van der Waals surface area contributed by atoms with Crippen LogP contribution in [0.1, 0.15) is 92.4 Å². The standard InChI is InChI=1S/C37H52O5Si/c1-6-7-15-23-37(5,42-43(36(2,3)4,28-17-10-8-11-18-28)29-19-12-9-13-20-29)24-22-30-31-26-34(38)40-33(31)27-32(30)41-35-21-14-16-25-39-35/h8-13,17-20,22,24,30-33,35H,6-7,14-16,21,23,25-27H2,1-5H3/t30-,31-,32-,33+,35?,37?/m1/s1. The van der Waals surface area contributed by atoms with Gasteiger partial charge < -0.3 is 18.6 Å². The predicted octanol–water partition coefficient (Wildman–Crippen LogP) is 7.32. The van der Waals surface area contributed by atoms with Gasteiger partial charge in [-0.15, -0.1) is 0 Å².